The summed E-state index contributed by atoms with van der Waals surface area (Å²) in [5, 5.41) is 2.92. The Kier molecular flexibility index (Phi) is 7.33. The lowest BCUT2D eigenvalue weighted by molar-refractivity contribution is -0.120. The molecular weight excluding hydrogens is 404 g/mol. The summed E-state index contributed by atoms with van der Waals surface area (Å²) >= 11 is 0. The standard InChI is InChI=1S/C22H28N2O5S/c1-3-28-18-9-11-19(12-10-18)30(26,27)24-15-13-17(14-16-24)22(25)23-20-7-5-6-8-21(20)29-4-2/h5-12,17H,3-4,13-16H2,1-2H3,(H,23,25). The van der Waals surface area contributed by atoms with E-state index in [4.69, 9.17) is 9.47 Å². The van der Waals surface area contributed by atoms with E-state index in [1.165, 1.54) is 4.31 Å². The first-order valence-electron chi connectivity index (χ1n) is 10.2. The number of nitrogens with one attached hydrogen (secondary N) is 1. The maximum atomic E-state index is 12.9. The minimum absolute atomic E-state index is 0.111. The molecule has 0 atom stereocenters. The van der Waals surface area contributed by atoms with Gasteiger partial charge in [-0.2, -0.15) is 4.31 Å². The van der Waals surface area contributed by atoms with Gasteiger partial charge >= 0.3 is 0 Å². The summed E-state index contributed by atoms with van der Waals surface area (Å²) < 4.78 is 38.2. The molecule has 0 radical (unpaired) electrons. The summed E-state index contributed by atoms with van der Waals surface area (Å²) in [7, 11) is -3.59. The number of piperidine rings is 1. The number of amides is 1. The summed E-state index contributed by atoms with van der Waals surface area (Å²) in [5.41, 5.74) is 0.633. The second-order valence-corrected chi connectivity index (χ2v) is 8.94. The van der Waals surface area contributed by atoms with Crippen LogP contribution in [0.4, 0.5) is 5.69 Å². The van der Waals surface area contributed by atoms with E-state index in [0.29, 0.717) is 56.3 Å². The maximum absolute atomic E-state index is 12.9. The number of anilines is 1. The summed E-state index contributed by atoms with van der Waals surface area (Å²) in [4.78, 5) is 12.9. The van der Waals surface area contributed by atoms with Gasteiger partial charge in [0.1, 0.15) is 11.5 Å². The SMILES string of the molecule is CCOc1ccc(S(=O)(=O)N2CCC(C(=O)Nc3ccccc3OCC)CC2)cc1. The van der Waals surface area contributed by atoms with Crippen molar-refractivity contribution in [3.05, 3.63) is 48.5 Å². The van der Waals surface area contributed by atoms with Crippen LogP contribution < -0.4 is 14.8 Å². The molecule has 1 aliphatic rings. The Morgan fingerprint density at radius 3 is 2.27 bits per heavy atom. The molecule has 162 valence electrons. The number of carbonyl (C=O) groups is 1. The van der Waals surface area contributed by atoms with Crippen LogP contribution in [0.1, 0.15) is 26.7 Å². The van der Waals surface area contributed by atoms with Gasteiger partial charge in [0.2, 0.25) is 15.9 Å². The number of para-hydroxylation sites is 2. The predicted octanol–water partition coefficient (Wildman–Crippen LogP) is 3.52. The lowest BCUT2D eigenvalue weighted by Crippen LogP contribution is -2.41. The molecule has 30 heavy (non-hydrogen) atoms. The van der Waals surface area contributed by atoms with Gasteiger partial charge < -0.3 is 14.8 Å². The number of benzene rings is 2. The molecule has 0 aromatic heterocycles. The first-order valence-corrected chi connectivity index (χ1v) is 11.7. The Bertz CT molecular complexity index is 952. The molecule has 2 aromatic rings. The highest BCUT2D eigenvalue weighted by molar-refractivity contribution is 7.89. The van der Waals surface area contributed by atoms with E-state index < -0.39 is 10.0 Å². The van der Waals surface area contributed by atoms with Crippen LogP contribution >= 0.6 is 0 Å². The highest BCUT2D eigenvalue weighted by atomic mass is 32.2. The van der Waals surface area contributed by atoms with E-state index >= 15 is 0 Å². The van der Waals surface area contributed by atoms with Gasteiger partial charge in [-0.25, -0.2) is 8.42 Å². The van der Waals surface area contributed by atoms with Crippen molar-refractivity contribution in [2.24, 2.45) is 5.92 Å². The van der Waals surface area contributed by atoms with Crippen molar-refractivity contribution in [2.45, 2.75) is 31.6 Å². The second-order valence-electron chi connectivity index (χ2n) is 7.00. The third-order valence-electron chi connectivity index (χ3n) is 5.04. The minimum atomic E-state index is -3.59. The zero-order chi connectivity index (χ0) is 21.6. The van der Waals surface area contributed by atoms with Crippen LogP contribution in [0.15, 0.2) is 53.4 Å². The van der Waals surface area contributed by atoms with Crippen molar-refractivity contribution in [1.82, 2.24) is 4.31 Å². The van der Waals surface area contributed by atoms with Crippen molar-refractivity contribution < 1.29 is 22.7 Å². The van der Waals surface area contributed by atoms with Crippen molar-refractivity contribution >= 4 is 21.6 Å². The molecule has 0 spiro atoms. The van der Waals surface area contributed by atoms with Crippen LogP contribution in [0.5, 0.6) is 11.5 Å². The third kappa shape index (κ3) is 5.12. The van der Waals surface area contributed by atoms with Crippen LogP contribution in [0.2, 0.25) is 0 Å². The average Bonchev–Trinajstić information content (AvgIpc) is 2.76. The Labute approximate surface area is 178 Å². The molecule has 0 bridgehead atoms. The molecule has 1 heterocycles. The van der Waals surface area contributed by atoms with Crippen LogP contribution in [0.25, 0.3) is 0 Å². The molecule has 0 aliphatic carbocycles. The third-order valence-corrected chi connectivity index (χ3v) is 6.95. The number of hydrogen-bond donors (Lipinski definition) is 1. The van der Waals surface area contributed by atoms with E-state index in [-0.39, 0.29) is 16.7 Å². The number of nitrogens with zero attached hydrogens (tertiary/aromatic N) is 1. The highest BCUT2D eigenvalue weighted by Gasteiger charge is 2.32. The Hall–Kier alpha value is -2.58. The van der Waals surface area contributed by atoms with Crippen molar-refractivity contribution in [1.29, 1.82) is 0 Å². The largest absolute Gasteiger partial charge is 0.494 e. The molecule has 1 N–H and O–H groups in total. The van der Waals surface area contributed by atoms with Crippen molar-refractivity contribution in [3.63, 3.8) is 0 Å². The number of rotatable bonds is 8. The normalized spacial score (nSPS) is 15.5. The van der Waals surface area contributed by atoms with Gasteiger partial charge in [0, 0.05) is 19.0 Å². The van der Waals surface area contributed by atoms with E-state index in [2.05, 4.69) is 5.32 Å². The fraction of sp³-hybridized carbons (Fsp3) is 0.409. The summed E-state index contributed by atoms with van der Waals surface area (Å²) in [6, 6.07) is 13.7. The predicted molar refractivity (Wildman–Crippen MR) is 115 cm³/mol. The van der Waals surface area contributed by atoms with E-state index in [1.54, 1.807) is 30.3 Å². The fourth-order valence-electron chi connectivity index (χ4n) is 3.47. The molecule has 8 heteroatoms. The van der Waals surface area contributed by atoms with Gasteiger partial charge in [-0.1, -0.05) is 12.1 Å². The molecule has 1 fully saturated rings. The quantitative estimate of drug-likeness (QED) is 0.690. The summed E-state index contributed by atoms with van der Waals surface area (Å²) in [6.07, 6.45) is 0.942. The molecule has 7 nitrogen and oxygen atoms in total. The molecule has 1 aliphatic heterocycles. The molecule has 1 amide bonds. The van der Waals surface area contributed by atoms with Crippen LogP contribution in [-0.2, 0) is 14.8 Å². The second kappa shape index (κ2) is 9.95. The first kappa shape index (κ1) is 22.1. The number of hydrogen-bond acceptors (Lipinski definition) is 5. The van der Waals surface area contributed by atoms with Gasteiger partial charge in [0.05, 0.1) is 23.8 Å². The van der Waals surface area contributed by atoms with E-state index in [1.807, 2.05) is 32.0 Å². The van der Waals surface area contributed by atoms with E-state index in [0.717, 1.165) is 0 Å². The smallest absolute Gasteiger partial charge is 0.243 e. The van der Waals surface area contributed by atoms with Crippen molar-refractivity contribution in [3.8, 4) is 11.5 Å². The number of carbonyl (C=O) groups excluding carboxylic acids is 1. The molecule has 0 saturated carbocycles. The first-order chi connectivity index (χ1) is 14.5. The zero-order valence-electron chi connectivity index (χ0n) is 17.3. The Morgan fingerprint density at radius 2 is 1.63 bits per heavy atom. The van der Waals surface area contributed by atoms with Crippen molar-refractivity contribution in [2.75, 3.05) is 31.6 Å². The Balaban J connectivity index is 1.60. The molecular formula is C22H28N2O5S. The molecule has 1 saturated heterocycles. The average molecular weight is 433 g/mol. The van der Waals surface area contributed by atoms with Crippen LogP contribution in [0.3, 0.4) is 0 Å². The monoisotopic (exact) mass is 432 g/mol. The van der Waals surface area contributed by atoms with Gasteiger partial charge in [-0.05, 0) is 63.1 Å². The molecule has 3 rings (SSSR count). The number of ether oxygens (including phenoxy) is 2. The maximum Gasteiger partial charge on any atom is 0.243 e. The topological polar surface area (TPSA) is 84.9 Å². The Morgan fingerprint density at radius 1 is 1.00 bits per heavy atom. The molecule has 0 unspecified atom stereocenters. The van der Waals surface area contributed by atoms with Crippen LogP contribution in [0, 0.1) is 5.92 Å². The van der Waals surface area contributed by atoms with Gasteiger partial charge in [0.15, 0.2) is 0 Å². The summed E-state index contributed by atoms with van der Waals surface area (Å²) in [5.74, 6) is 0.912. The van der Waals surface area contributed by atoms with Crippen LogP contribution in [-0.4, -0.2) is 44.9 Å². The van der Waals surface area contributed by atoms with Gasteiger partial charge in [-0.15, -0.1) is 0 Å². The minimum Gasteiger partial charge on any atom is -0.494 e. The highest BCUT2D eigenvalue weighted by Crippen LogP contribution is 2.28. The number of sulfonamides is 1. The fourth-order valence-corrected chi connectivity index (χ4v) is 4.94. The lowest BCUT2D eigenvalue weighted by atomic mass is 9.97. The van der Waals surface area contributed by atoms with Gasteiger partial charge in [-0.3, -0.25) is 4.79 Å². The van der Waals surface area contributed by atoms with Gasteiger partial charge in [0.25, 0.3) is 0 Å². The lowest BCUT2D eigenvalue weighted by Gasteiger charge is -2.30. The summed E-state index contributed by atoms with van der Waals surface area (Å²) in [6.45, 7) is 5.41. The zero-order valence-corrected chi connectivity index (χ0v) is 18.2. The van der Waals surface area contributed by atoms with E-state index in [9.17, 15) is 13.2 Å². The molecule has 2 aromatic carbocycles.